The van der Waals surface area contributed by atoms with Crippen molar-refractivity contribution >= 4 is 39.9 Å². The van der Waals surface area contributed by atoms with Gasteiger partial charge in [0.25, 0.3) is 5.91 Å². The highest BCUT2D eigenvalue weighted by Gasteiger charge is 2.62. The van der Waals surface area contributed by atoms with Crippen molar-refractivity contribution < 1.29 is 51.3 Å². The van der Waals surface area contributed by atoms with Crippen LogP contribution in [0, 0.1) is 11.3 Å². The maximum absolute atomic E-state index is 14.4. The maximum Gasteiger partial charge on any atom is 0.410 e. The van der Waals surface area contributed by atoms with E-state index in [1.165, 1.54) is 16.9 Å². The third kappa shape index (κ3) is 8.25. The fourth-order valence-corrected chi connectivity index (χ4v) is 8.78. The van der Waals surface area contributed by atoms with E-state index in [-0.39, 0.29) is 51.6 Å². The van der Waals surface area contributed by atoms with Crippen LogP contribution in [0.2, 0.25) is 0 Å². The molecule has 1 aromatic carbocycles. The zero-order chi connectivity index (χ0) is 39.0. The van der Waals surface area contributed by atoms with Crippen molar-refractivity contribution in [2.45, 2.75) is 115 Å². The van der Waals surface area contributed by atoms with Crippen molar-refractivity contribution in [3.8, 4) is 11.5 Å². The molecule has 1 unspecified atom stereocenters. The van der Waals surface area contributed by atoms with E-state index in [9.17, 15) is 32.4 Å². The van der Waals surface area contributed by atoms with Crippen molar-refractivity contribution in [2.24, 2.45) is 11.3 Å². The Bertz CT molecular complexity index is 1810. The molecule has 296 valence electrons. The molecular formula is C37H51N5O11S. The van der Waals surface area contributed by atoms with E-state index < -0.39 is 74.3 Å². The number of sulfonamides is 1. The van der Waals surface area contributed by atoms with Gasteiger partial charge in [0.15, 0.2) is 11.5 Å². The number of nitrogens with zero attached hydrogens (tertiary/aromatic N) is 2. The third-order valence-corrected chi connectivity index (χ3v) is 12.6. The first-order valence-corrected chi connectivity index (χ1v) is 20.2. The molecule has 5 aliphatic rings. The van der Waals surface area contributed by atoms with Crippen molar-refractivity contribution in [2.75, 3.05) is 26.9 Å². The molecule has 3 heterocycles. The number of carbonyl (C=O) groups is 5. The second-order valence-electron chi connectivity index (χ2n) is 15.8. The largest absolute Gasteiger partial charge is 0.493 e. The van der Waals surface area contributed by atoms with Gasteiger partial charge in [-0.2, -0.15) is 0 Å². The number of fused-ring (bicyclic) bond motifs is 3. The van der Waals surface area contributed by atoms with Crippen molar-refractivity contribution in [1.29, 1.82) is 0 Å². The lowest BCUT2D eigenvalue weighted by Crippen LogP contribution is -2.60. The molecule has 16 nitrogen and oxygen atoms in total. The average molecular weight is 774 g/mol. The van der Waals surface area contributed by atoms with Crippen LogP contribution in [0.5, 0.6) is 11.5 Å². The summed E-state index contributed by atoms with van der Waals surface area (Å²) in [7, 11) is -2.36. The van der Waals surface area contributed by atoms with Gasteiger partial charge in [-0.15, -0.1) is 0 Å². The average Bonchev–Trinajstić information content (AvgIpc) is 4.01. The Morgan fingerprint density at radius 2 is 1.85 bits per heavy atom. The van der Waals surface area contributed by atoms with Gasteiger partial charge in [-0.25, -0.2) is 18.0 Å². The highest BCUT2D eigenvalue weighted by molar-refractivity contribution is 7.91. The lowest BCUT2D eigenvalue weighted by Gasteiger charge is -2.35. The minimum atomic E-state index is -3.89. The van der Waals surface area contributed by atoms with Gasteiger partial charge in [0.1, 0.15) is 30.3 Å². The smallest absolute Gasteiger partial charge is 0.410 e. The highest BCUT2D eigenvalue weighted by atomic mass is 32.2. The molecule has 3 N–H and O–H groups in total. The maximum atomic E-state index is 14.4. The number of cyclic esters (lactones) is 1. The Labute approximate surface area is 315 Å². The molecule has 54 heavy (non-hydrogen) atoms. The van der Waals surface area contributed by atoms with Gasteiger partial charge in [-0.05, 0) is 55.1 Å². The number of rotatable bonds is 7. The summed E-state index contributed by atoms with van der Waals surface area (Å²) in [6.07, 6.45) is 4.00. The van der Waals surface area contributed by atoms with Crippen LogP contribution >= 0.6 is 0 Å². The summed E-state index contributed by atoms with van der Waals surface area (Å²) in [5.74, 6) is -1.41. The van der Waals surface area contributed by atoms with Gasteiger partial charge in [0, 0.05) is 18.5 Å². The normalized spacial score (nSPS) is 28.4. The van der Waals surface area contributed by atoms with Crippen molar-refractivity contribution in [1.82, 2.24) is 25.2 Å². The summed E-state index contributed by atoms with van der Waals surface area (Å²) >= 11 is 0. The molecule has 4 bridgehead atoms. The molecule has 3 aliphatic heterocycles. The standard InChI is InChI=1S/C37H51N5O11S/c1-6-23-18-37(23,33(45)40-54(48,49)25-12-13-25)39-31(43)27-17-24-20-42(27)32(44)30(36(2,3)4)38-34(46)52-16-10-8-7-9-15-51-29-26-21-41(35(47)53-24)19-22(26)11-14-28(29)50-5/h7,9,11,14,23-25,27,30H,6,8,10,12-13,15-21H2,1-5H3,(H,38,46)(H,39,43)(H,40,45)/b9-7+/t23-,24+,27?,30+,37-/m0/s1. The Morgan fingerprint density at radius 3 is 2.52 bits per heavy atom. The first kappa shape index (κ1) is 39.2. The van der Waals surface area contributed by atoms with E-state index in [0.29, 0.717) is 43.6 Å². The zero-order valence-corrected chi connectivity index (χ0v) is 32.3. The molecule has 17 heteroatoms. The summed E-state index contributed by atoms with van der Waals surface area (Å²) in [6, 6.07) is 1.28. The highest BCUT2D eigenvalue weighted by Crippen LogP contribution is 2.47. The molecule has 0 spiro atoms. The first-order valence-electron chi connectivity index (χ1n) is 18.6. The Hall–Kier alpha value is -4.54. The number of hydrogen-bond acceptors (Lipinski definition) is 11. The van der Waals surface area contributed by atoms with Crippen LogP contribution in [0.3, 0.4) is 0 Å². The number of allylic oxidation sites excluding steroid dienone is 1. The molecule has 1 saturated heterocycles. The second kappa shape index (κ2) is 15.3. The van der Waals surface area contributed by atoms with Crippen molar-refractivity contribution in [3.05, 3.63) is 35.4 Å². The van der Waals surface area contributed by atoms with E-state index in [2.05, 4.69) is 15.4 Å². The SMILES string of the molecule is CC[C@H]1C[C@@]1(NC(=O)C1C[C@@H]2CN1C(=O)[C@H](C(C)(C)C)NC(=O)OCCC/C=C/COc1c(OC)ccc3c1CN(C3)C(=O)O2)C(=O)NS(=O)(=O)C1CC1. The molecular weight excluding hydrogens is 722 g/mol. The van der Waals surface area contributed by atoms with Gasteiger partial charge in [-0.1, -0.05) is 52.3 Å². The van der Waals surface area contributed by atoms with Crippen LogP contribution in [0.15, 0.2) is 24.3 Å². The molecule has 0 aromatic heterocycles. The molecule has 2 saturated carbocycles. The number of hydrogen-bond donors (Lipinski definition) is 3. The van der Waals surface area contributed by atoms with E-state index in [1.807, 2.05) is 25.1 Å². The molecule has 2 aliphatic carbocycles. The predicted molar refractivity (Wildman–Crippen MR) is 194 cm³/mol. The van der Waals surface area contributed by atoms with E-state index in [4.69, 9.17) is 18.9 Å². The lowest BCUT2D eigenvalue weighted by molar-refractivity contribution is -0.143. The number of alkyl carbamates (subject to hydrolysis) is 1. The molecule has 3 fully saturated rings. The number of amides is 5. The van der Waals surface area contributed by atoms with Crippen LogP contribution in [-0.2, 0) is 47.0 Å². The van der Waals surface area contributed by atoms with Crippen LogP contribution in [0.25, 0.3) is 0 Å². The second-order valence-corrected chi connectivity index (χ2v) is 17.7. The van der Waals surface area contributed by atoms with Crippen LogP contribution < -0.4 is 24.8 Å². The quantitative estimate of drug-likeness (QED) is 0.345. The Kier molecular flexibility index (Phi) is 11.1. The van der Waals surface area contributed by atoms with Gasteiger partial charge < -0.3 is 34.5 Å². The minimum absolute atomic E-state index is 0.0872. The Balaban J connectivity index is 1.27. The number of nitrogens with one attached hydrogen (secondary N) is 3. The monoisotopic (exact) mass is 773 g/mol. The number of carbonyl (C=O) groups excluding carboxylic acids is 5. The first-order chi connectivity index (χ1) is 25.6. The minimum Gasteiger partial charge on any atom is -0.493 e. The summed E-state index contributed by atoms with van der Waals surface area (Å²) in [6.45, 7) is 7.70. The fraction of sp³-hybridized carbons (Fsp3) is 0.649. The molecule has 5 atom stereocenters. The number of methoxy groups -OCH3 is 1. The van der Waals surface area contributed by atoms with Crippen LogP contribution in [0.4, 0.5) is 9.59 Å². The third-order valence-electron chi connectivity index (χ3n) is 10.8. The van der Waals surface area contributed by atoms with E-state index in [1.54, 1.807) is 26.8 Å². The van der Waals surface area contributed by atoms with Gasteiger partial charge in [0.2, 0.25) is 21.8 Å². The van der Waals surface area contributed by atoms with E-state index in [0.717, 1.165) is 11.1 Å². The summed E-state index contributed by atoms with van der Waals surface area (Å²) in [4.78, 5) is 71.6. The Morgan fingerprint density at radius 1 is 1.09 bits per heavy atom. The lowest BCUT2D eigenvalue weighted by atomic mass is 9.85. The predicted octanol–water partition coefficient (Wildman–Crippen LogP) is 2.88. The van der Waals surface area contributed by atoms with E-state index >= 15 is 0 Å². The molecule has 5 amide bonds. The molecule has 0 radical (unpaired) electrons. The van der Waals surface area contributed by atoms with Gasteiger partial charge in [-0.3, -0.25) is 24.0 Å². The number of ether oxygens (including phenoxy) is 4. The van der Waals surface area contributed by atoms with Gasteiger partial charge >= 0.3 is 12.2 Å². The summed E-state index contributed by atoms with van der Waals surface area (Å²) in [5.41, 5.74) is -0.689. The molecule has 1 aromatic rings. The van der Waals surface area contributed by atoms with Crippen LogP contribution in [-0.4, -0.2) is 104 Å². The summed E-state index contributed by atoms with van der Waals surface area (Å²) < 4.78 is 50.6. The zero-order valence-electron chi connectivity index (χ0n) is 31.5. The molecule has 6 rings (SSSR count). The fourth-order valence-electron chi connectivity index (χ4n) is 7.41. The number of benzene rings is 1. The topological polar surface area (TPSA) is 199 Å². The van der Waals surface area contributed by atoms with Crippen LogP contribution in [0.1, 0.15) is 83.8 Å². The van der Waals surface area contributed by atoms with Crippen molar-refractivity contribution in [3.63, 3.8) is 0 Å². The van der Waals surface area contributed by atoms with Gasteiger partial charge in [0.05, 0.1) is 32.1 Å². The summed E-state index contributed by atoms with van der Waals surface area (Å²) in [5, 5.41) is 4.84.